The molecule has 94 valence electrons. The van der Waals surface area contributed by atoms with Crippen LogP contribution in [0.1, 0.15) is 13.8 Å². The standard InChI is InChI=1S/C9H10N2O4.C2H6/c12-4-6-5-15-8-3-1-2-7(11(13)14)9(8)10-6;1-2/h1-3,6,10,12H,4-5H2;1-2H3. The van der Waals surface area contributed by atoms with Crippen LogP contribution in [0.5, 0.6) is 5.75 Å². The Hall–Kier alpha value is -1.82. The summed E-state index contributed by atoms with van der Waals surface area (Å²) in [7, 11) is 0. The van der Waals surface area contributed by atoms with Gasteiger partial charge in [0, 0.05) is 6.07 Å². The van der Waals surface area contributed by atoms with Crippen molar-refractivity contribution in [2.24, 2.45) is 0 Å². The predicted molar refractivity (Wildman–Crippen MR) is 64.4 cm³/mol. The highest BCUT2D eigenvalue weighted by molar-refractivity contribution is 5.71. The summed E-state index contributed by atoms with van der Waals surface area (Å²) in [4.78, 5) is 10.2. The number of aliphatic hydroxyl groups excluding tert-OH is 1. The van der Waals surface area contributed by atoms with Crippen LogP contribution in [0.4, 0.5) is 11.4 Å². The van der Waals surface area contributed by atoms with Gasteiger partial charge in [-0.05, 0) is 6.07 Å². The molecule has 1 unspecified atom stereocenters. The van der Waals surface area contributed by atoms with E-state index in [4.69, 9.17) is 9.84 Å². The number of benzene rings is 1. The zero-order chi connectivity index (χ0) is 12.8. The number of fused-ring (bicyclic) bond motifs is 1. The van der Waals surface area contributed by atoms with Crippen LogP contribution >= 0.6 is 0 Å². The Morgan fingerprint density at radius 3 is 2.88 bits per heavy atom. The molecule has 0 spiro atoms. The molecule has 0 radical (unpaired) electrons. The van der Waals surface area contributed by atoms with Crippen molar-refractivity contribution in [3.63, 3.8) is 0 Å². The fraction of sp³-hybridized carbons (Fsp3) is 0.455. The van der Waals surface area contributed by atoms with Gasteiger partial charge in [0.05, 0.1) is 17.6 Å². The van der Waals surface area contributed by atoms with Gasteiger partial charge >= 0.3 is 0 Å². The van der Waals surface area contributed by atoms with Crippen LogP contribution in [0.25, 0.3) is 0 Å². The van der Waals surface area contributed by atoms with Gasteiger partial charge in [0.15, 0.2) is 5.69 Å². The second-order valence-electron chi connectivity index (χ2n) is 3.24. The number of ether oxygens (including phenoxy) is 1. The Balaban J connectivity index is 0.000000686. The summed E-state index contributed by atoms with van der Waals surface area (Å²) in [6.07, 6.45) is 0. The summed E-state index contributed by atoms with van der Waals surface area (Å²) in [5.74, 6) is 0.453. The van der Waals surface area contributed by atoms with E-state index in [2.05, 4.69) is 5.32 Å². The topological polar surface area (TPSA) is 84.6 Å². The molecule has 2 rings (SSSR count). The second-order valence-corrected chi connectivity index (χ2v) is 3.24. The quantitative estimate of drug-likeness (QED) is 0.608. The minimum Gasteiger partial charge on any atom is -0.489 e. The minimum absolute atomic E-state index is 0.0364. The molecule has 1 aromatic rings. The lowest BCUT2D eigenvalue weighted by Gasteiger charge is -2.25. The fourth-order valence-electron chi connectivity index (χ4n) is 1.47. The first-order chi connectivity index (χ1) is 8.22. The fourth-order valence-corrected chi connectivity index (χ4v) is 1.47. The Kier molecular flexibility index (Phi) is 4.71. The molecule has 6 nitrogen and oxygen atoms in total. The monoisotopic (exact) mass is 240 g/mol. The number of anilines is 1. The molecule has 1 atom stereocenters. The number of nitrogens with zero attached hydrogens (tertiary/aromatic N) is 1. The SMILES string of the molecule is CC.O=[N+]([O-])c1cccc2c1NC(CO)CO2. The lowest BCUT2D eigenvalue weighted by molar-refractivity contribution is -0.384. The van der Waals surface area contributed by atoms with Gasteiger partial charge in [0.25, 0.3) is 5.69 Å². The molecule has 0 bridgehead atoms. The smallest absolute Gasteiger partial charge is 0.296 e. The van der Waals surface area contributed by atoms with E-state index in [0.717, 1.165) is 0 Å². The number of nitro benzene ring substituents is 1. The molecular weight excluding hydrogens is 224 g/mol. The zero-order valence-corrected chi connectivity index (χ0v) is 9.84. The molecule has 6 heteroatoms. The Morgan fingerprint density at radius 2 is 2.29 bits per heavy atom. The molecule has 0 saturated carbocycles. The van der Waals surface area contributed by atoms with Gasteiger partial charge in [-0.3, -0.25) is 10.1 Å². The molecule has 1 aliphatic heterocycles. The van der Waals surface area contributed by atoms with Crippen LogP contribution in [0.15, 0.2) is 18.2 Å². The van der Waals surface area contributed by atoms with E-state index in [9.17, 15) is 10.1 Å². The molecular formula is C11H16N2O4. The van der Waals surface area contributed by atoms with Gasteiger partial charge in [-0.25, -0.2) is 0 Å². The highest BCUT2D eigenvalue weighted by atomic mass is 16.6. The first kappa shape index (κ1) is 13.2. The van der Waals surface area contributed by atoms with Crippen LogP contribution < -0.4 is 10.1 Å². The molecule has 1 aliphatic rings. The maximum Gasteiger partial charge on any atom is 0.296 e. The predicted octanol–water partition coefficient (Wildman–Crippen LogP) is 1.79. The third-order valence-electron chi connectivity index (χ3n) is 2.21. The first-order valence-corrected chi connectivity index (χ1v) is 5.50. The van der Waals surface area contributed by atoms with Crippen molar-refractivity contribution in [2.75, 3.05) is 18.5 Å². The maximum atomic E-state index is 10.7. The summed E-state index contributed by atoms with van der Waals surface area (Å²) in [6.45, 7) is 4.19. The van der Waals surface area contributed by atoms with Gasteiger partial charge in [-0.2, -0.15) is 0 Å². The zero-order valence-electron chi connectivity index (χ0n) is 9.84. The molecule has 0 fully saturated rings. The number of hydrogen-bond donors (Lipinski definition) is 2. The number of nitro groups is 1. The van der Waals surface area contributed by atoms with Gasteiger partial charge in [-0.15, -0.1) is 0 Å². The Morgan fingerprint density at radius 1 is 1.59 bits per heavy atom. The van der Waals surface area contributed by atoms with Crippen LogP contribution in [0, 0.1) is 10.1 Å². The molecule has 0 saturated heterocycles. The van der Waals surface area contributed by atoms with Crippen molar-refractivity contribution in [2.45, 2.75) is 19.9 Å². The normalized spacial score (nSPS) is 16.8. The second kappa shape index (κ2) is 6.05. The largest absolute Gasteiger partial charge is 0.489 e. The minimum atomic E-state index is -0.477. The van der Waals surface area contributed by atoms with E-state index >= 15 is 0 Å². The molecule has 2 N–H and O–H groups in total. The van der Waals surface area contributed by atoms with Crippen LogP contribution in [0.3, 0.4) is 0 Å². The van der Waals surface area contributed by atoms with Gasteiger partial charge in [0.1, 0.15) is 12.4 Å². The van der Waals surface area contributed by atoms with Crippen LogP contribution in [-0.2, 0) is 0 Å². The third kappa shape index (κ3) is 2.85. The summed E-state index contributed by atoms with van der Waals surface area (Å²) in [6, 6.07) is 4.33. The van der Waals surface area contributed by atoms with Gasteiger partial charge < -0.3 is 15.2 Å². The molecule has 1 aromatic carbocycles. The number of aliphatic hydroxyl groups is 1. The molecule has 0 aromatic heterocycles. The summed E-state index contributed by atoms with van der Waals surface area (Å²) < 4.78 is 5.29. The van der Waals surface area contributed by atoms with Gasteiger partial charge in [-0.1, -0.05) is 19.9 Å². The average Bonchev–Trinajstić information content (AvgIpc) is 2.39. The van der Waals surface area contributed by atoms with Crippen molar-refractivity contribution in [3.8, 4) is 5.75 Å². The maximum absolute atomic E-state index is 10.7. The molecule has 1 heterocycles. The van der Waals surface area contributed by atoms with E-state index in [1.165, 1.54) is 6.07 Å². The van der Waals surface area contributed by atoms with E-state index in [-0.39, 0.29) is 18.3 Å². The van der Waals surface area contributed by atoms with Crippen LogP contribution in [0.2, 0.25) is 0 Å². The Labute approximate surface area is 99.4 Å². The van der Waals surface area contributed by atoms with E-state index in [0.29, 0.717) is 18.0 Å². The first-order valence-electron chi connectivity index (χ1n) is 5.50. The van der Waals surface area contributed by atoms with Crippen molar-refractivity contribution in [1.82, 2.24) is 0 Å². The number of nitrogens with one attached hydrogen (secondary N) is 1. The number of para-hydroxylation sites is 1. The van der Waals surface area contributed by atoms with Crippen molar-refractivity contribution < 1.29 is 14.8 Å². The third-order valence-corrected chi connectivity index (χ3v) is 2.21. The lowest BCUT2D eigenvalue weighted by atomic mass is 10.2. The number of hydrogen-bond acceptors (Lipinski definition) is 5. The highest BCUT2D eigenvalue weighted by Gasteiger charge is 2.25. The number of rotatable bonds is 2. The summed E-state index contributed by atoms with van der Waals surface area (Å²) in [5.41, 5.74) is 0.304. The van der Waals surface area contributed by atoms with Crippen molar-refractivity contribution in [1.29, 1.82) is 0 Å². The lowest BCUT2D eigenvalue weighted by Crippen LogP contribution is -2.34. The van der Waals surface area contributed by atoms with Crippen LogP contribution in [-0.4, -0.2) is 29.3 Å². The summed E-state index contributed by atoms with van der Waals surface area (Å²) in [5, 5.41) is 22.5. The van der Waals surface area contributed by atoms with Crippen molar-refractivity contribution >= 4 is 11.4 Å². The van der Waals surface area contributed by atoms with Gasteiger partial charge in [0.2, 0.25) is 0 Å². The van der Waals surface area contributed by atoms with E-state index < -0.39 is 4.92 Å². The van der Waals surface area contributed by atoms with E-state index in [1.807, 2.05) is 13.8 Å². The molecule has 0 aliphatic carbocycles. The van der Waals surface area contributed by atoms with Crippen molar-refractivity contribution in [3.05, 3.63) is 28.3 Å². The summed E-state index contributed by atoms with van der Waals surface area (Å²) >= 11 is 0. The Bertz CT molecular complexity index is 395. The highest BCUT2D eigenvalue weighted by Crippen LogP contribution is 2.36. The average molecular weight is 240 g/mol. The molecule has 17 heavy (non-hydrogen) atoms. The molecule has 0 amide bonds. The van der Waals surface area contributed by atoms with E-state index in [1.54, 1.807) is 12.1 Å².